The maximum atomic E-state index is 11.9. The molecule has 0 radical (unpaired) electrons. The molecule has 4 heteroatoms. The minimum absolute atomic E-state index is 0.246. The Morgan fingerprint density at radius 1 is 1.23 bits per heavy atom. The lowest BCUT2D eigenvalue weighted by Crippen LogP contribution is -2.25. The normalized spacial score (nSPS) is 12.0. The number of hydrogen-bond donors (Lipinski definition) is 0. The van der Waals surface area contributed by atoms with Crippen molar-refractivity contribution in [3.8, 4) is 11.8 Å². The van der Waals surface area contributed by atoms with E-state index in [0.29, 0.717) is 6.61 Å². The van der Waals surface area contributed by atoms with Gasteiger partial charge >= 0.3 is 5.97 Å². The molecule has 0 aromatic heterocycles. The molecule has 0 bridgehead atoms. The fourth-order valence-corrected chi connectivity index (χ4v) is 1.57. The van der Waals surface area contributed by atoms with E-state index in [1.165, 1.54) is 6.92 Å². The third-order valence-corrected chi connectivity index (χ3v) is 2.96. The molecule has 1 rings (SSSR count). The van der Waals surface area contributed by atoms with E-state index < -0.39 is 23.3 Å². The van der Waals surface area contributed by atoms with E-state index in [4.69, 9.17) is 9.47 Å². The monoisotopic (exact) mass is 302 g/mol. The molecular weight excluding hydrogens is 280 g/mol. The molecule has 0 aliphatic carbocycles. The molecule has 1 aromatic carbocycles. The molecule has 0 spiro atoms. The predicted octanol–water partition coefficient (Wildman–Crippen LogP) is 2.75. The molecule has 4 nitrogen and oxygen atoms in total. The zero-order chi connectivity index (χ0) is 16.6. The van der Waals surface area contributed by atoms with E-state index in [0.717, 1.165) is 5.56 Å². The van der Waals surface area contributed by atoms with Crippen molar-refractivity contribution in [3.05, 3.63) is 35.9 Å². The predicted molar refractivity (Wildman–Crippen MR) is 83.9 cm³/mol. The zero-order valence-corrected chi connectivity index (χ0v) is 13.5. The molecule has 1 unspecified atom stereocenters. The van der Waals surface area contributed by atoms with Gasteiger partial charge in [0.15, 0.2) is 0 Å². The smallest absolute Gasteiger partial charge is 0.317 e. The lowest BCUT2D eigenvalue weighted by Gasteiger charge is -2.18. The van der Waals surface area contributed by atoms with Gasteiger partial charge in [-0.25, -0.2) is 0 Å². The number of rotatable bonds is 6. The number of hydrogen-bond acceptors (Lipinski definition) is 4. The number of ether oxygens (including phenoxy) is 2. The summed E-state index contributed by atoms with van der Waals surface area (Å²) in [7, 11) is 0. The summed E-state index contributed by atoms with van der Waals surface area (Å²) >= 11 is 0. The van der Waals surface area contributed by atoms with E-state index in [2.05, 4.69) is 11.8 Å². The second kappa shape index (κ2) is 8.35. The number of carbonyl (C=O) groups is 2. The maximum Gasteiger partial charge on any atom is 0.317 e. The first-order chi connectivity index (χ1) is 10.4. The van der Waals surface area contributed by atoms with Gasteiger partial charge < -0.3 is 9.47 Å². The van der Waals surface area contributed by atoms with Gasteiger partial charge in [-0.2, -0.15) is 0 Å². The van der Waals surface area contributed by atoms with Gasteiger partial charge in [-0.15, -0.1) is 0 Å². The third kappa shape index (κ3) is 6.11. The van der Waals surface area contributed by atoms with Crippen molar-refractivity contribution in [1.29, 1.82) is 0 Å². The minimum Gasteiger partial charge on any atom is -0.465 e. The number of esters is 1. The highest BCUT2D eigenvalue weighted by atomic mass is 16.5. The Morgan fingerprint density at radius 2 is 1.86 bits per heavy atom. The first kappa shape index (κ1) is 17.9. The molecule has 0 aliphatic heterocycles. The van der Waals surface area contributed by atoms with Crippen molar-refractivity contribution in [2.24, 2.45) is 5.92 Å². The molecular formula is C18H22O4. The average molecular weight is 302 g/mol. The third-order valence-electron chi connectivity index (χ3n) is 2.96. The van der Waals surface area contributed by atoms with Crippen molar-refractivity contribution in [3.63, 3.8) is 0 Å². The van der Waals surface area contributed by atoms with E-state index in [1.54, 1.807) is 20.8 Å². The van der Waals surface area contributed by atoms with Crippen molar-refractivity contribution < 1.29 is 19.1 Å². The van der Waals surface area contributed by atoms with Crippen LogP contribution < -0.4 is 0 Å². The summed E-state index contributed by atoms with van der Waals surface area (Å²) in [4.78, 5) is 23.3. The van der Waals surface area contributed by atoms with Crippen LogP contribution in [-0.2, 0) is 25.7 Å². The maximum absolute atomic E-state index is 11.9. The lowest BCUT2D eigenvalue weighted by atomic mass is 10.1. The van der Waals surface area contributed by atoms with Crippen LogP contribution in [0.25, 0.3) is 0 Å². The van der Waals surface area contributed by atoms with Crippen molar-refractivity contribution >= 4 is 11.8 Å². The largest absolute Gasteiger partial charge is 0.465 e. The van der Waals surface area contributed by atoms with Gasteiger partial charge in [-0.05, 0) is 39.2 Å². The van der Waals surface area contributed by atoms with Crippen molar-refractivity contribution in [2.75, 3.05) is 6.61 Å². The van der Waals surface area contributed by atoms with Gasteiger partial charge in [0.05, 0.1) is 13.2 Å². The standard InChI is InChI=1S/C18H22O4/c1-5-21-17(20)14(2)16(19)11-12-18(3,4)22-13-15-9-7-6-8-10-15/h6-10,14H,5,13H2,1-4H3. The summed E-state index contributed by atoms with van der Waals surface area (Å²) in [5.74, 6) is 3.37. The van der Waals surface area contributed by atoms with E-state index in [9.17, 15) is 9.59 Å². The van der Waals surface area contributed by atoms with Crippen LogP contribution in [-0.4, -0.2) is 24.0 Å². The summed E-state index contributed by atoms with van der Waals surface area (Å²) < 4.78 is 10.5. The second-order valence-electron chi connectivity index (χ2n) is 5.37. The molecule has 1 atom stereocenters. The van der Waals surface area contributed by atoms with E-state index in [1.807, 2.05) is 30.3 Å². The Bertz CT molecular complexity index is 564. The molecule has 22 heavy (non-hydrogen) atoms. The summed E-state index contributed by atoms with van der Waals surface area (Å²) in [5.41, 5.74) is 0.253. The summed E-state index contributed by atoms with van der Waals surface area (Å²) in [6, 6.07) is 9.71. The minimum atomic E-state index is -0.877. The zero-order valence-electron chi connectivity index (χ0n) is 13.5. The van der Waals surface area contributed by atoms with E-state index in [-0.39, 0.29) is 6.61 Å². The first-order valence-corrected chi connectivity index (χ1v) is 7.27. The molecule has 0 amide bonds. The lowest BCUT2D eigenvalue weighted by molar-refractivity contribution is -0.149. The van der Waals surface area contributed by atoms with Crippen LogP contribution in [0.4, 0.5) is 0 Å². The highest BCUT2D eigenvalue weighted by Crippen LogP contribution is 2.12. The Balaban J connectivity index is 2.60. The SMILES string of the molecule is CCOC(=O)C(C)C(=O)C#CC(C)(C)OCc1ccccc1. The van der Waals surface area contributed by atoms with Gasteiger partial charge in [-0.1, -0.05) is 36.3 Å². The highest BCUT2D eigenvalue weighted by Gasteiger charge is 2.22. The summed E-state index contributed by atoms with van der Waals surface area (Å²) in [5, 5.41) is 0. The van der Waals surface area contributed by atoms with Gasteiger partial charge in [0.2, 0.25) is 5.78 Å². The first-order valence-electron chi connectivity index (χ1n) is 7.27. The van der Waals surface area contributed by atoms with Crippen LogP contribution in [0, 0.1) is 17.8 Å². The Morgan fingerprint density at radius 3 is 2.45 bits per heavy atom. The molecule has 0 N–H and O–H groups in total. The van der Waals surface area contributed by atoms with Crippen LogP contribution in [0.1, 0.15) is 33.3 Å². The van der Waals surface area contributed by atoms with Crippen LogP contribution >= 0.6 is 0 Å². The molecule has 0 fully saturated rings. The molecule has 0 heterocycles. The van der Waals surface area contributed by atoms with Gasteiger partial charge in [0.1, 0.15) is 11.5 Å². The molecule has 118 valence electrons. The topological polar surface area (TPSA) is 52.6 Å². The molecule has 0 saturated heterocycles. The van der Waals surface area contributed by atoms with Gasteiger partial charge in [-0.3, -0.25) is 9.59 Å². The summed E-state index contributed by atoms with van der Waals surface area (Å²) in [6.07, 6.45) is 0. The molecule has 0 saturated carbocycles. The second-order valence-corrected chi connectivity index (χ2v) is 5.37. The number of Topliss-reactive ketones (excluding diaryl/α,β-unsaturated/α-hetero) is 1. The fourth-order valence-electron chi connectivity index (χ4n) is 1.57. The van der Waals surface area contributed by atoms with Gasteiger partial charge in [0.25, 0.3) is 0 Å². The average Bonchev–Trinajstić information content (AvgIpc) is 2.51. The quantitative estimate of drug-likeness (QED) is 0.351. The van der Waals surface area contributed by atoms with Crippen molar-refractivity contribution in [2.45, 2.75) is 39.9 Å². The highest BCUT2D eigenvalue weighted by molar-refractivity contribution is 6.08. The van der Waals surface area contributed by atoms with E-state index >= 15 is 0 Å². The summed E-state index contributed by atoms with van der Waals surface area (Å²) in [6.45, 7) is 7.41. The molecule has 1 aromatic rings. The van der Waals surface area contributed by atoms with Crippen molar-refractivity contribution in [1.82, 2.24) is 0 Å². The number of ketones is 1. The van der Waals surface area contributed by atoms with Crippen LogP contribution in [0.3, 0.4) is 0 Å². The number of carbonyl (C=O) groups excluding carboxylic acids is 2. The van der Waals surface area contributed by atoms with Crippen LogP contribution in [0.15, 0.2) is 30.3 Å². The van der Waals surface area contributed by atoms with Crippen LogP contribution in [0.2, 0.25) is 0 Å². The Hall–Kier alpha value is -2.12. The van der Waals surface area contributed by atoms with Gasteiger partial charge in [0, 0.05) is 0 Å². The number of benzene rings is 1. The van der Waals surface area contributed by atoms with Crippen LogP contribution in [0.5, 0.6) is 0 Å². The molecule has 0 aliphatic rings. The Kier molecular flexibility index (Phi) is 6.81. The Labute approximate surface area is 131 Å². The fraction of sp³-hybridized carbons (Fsp3) is 0.444.